The normalized spacial score (nSPS) is 11.4. The summed E-state index contributed by atoms with van der Waals surface area (Å²) in [4.78, 5) is 0. The Morgan fingerprint density at radius 1 is 1.00 bits per heavy atom. The fourth-order valence-corrected chi connectivity index (χ4v) is 1.96. The number of methoxy groups -OCH3 is 1. The van der Waals surface area contributed by atoms with E-state index >= 15 is 0 Å². The van der Waals surface area contributed by atoms with Gasteiger partial charge in [0.25, 0.3) is 0 Å². The highest BCUT2D eigenvalue weighted by Crippen LogP contribution is 2.24. The molecule has 4 heteroatoms. The first-order valence-electron chi connectivity index (χ1n) is 6.87. The van der Waals surface area contributed by atoms with Crippen molar-refractivity contribution in [3.8, 4) is 17.2 Å². The first-order valence-corrected chi connectivity index (χ1v) is 6.87. The van der Waals surface area contributed by atoms with Crippen LogP contribution in [0.3, 0.4) is 0 Å². The summed E-state index contributed by atoms with van der Waals surface area (Å²) >= 11 is 0. The fourth-order valence-electron chi connectivity index (χ4n) is 1.96. The summed E-state index contributed by atoms with van der Waals surface area (Å²) in [6.07, 6.45) is 1.85. The summed E-state index contributed by atoms with van der Waals surface area (Å²) in [7, 11) is 1.65. The van der Waals surface area contributed by atoms with Gasteiger partial charge in [0.1, 0.15) is 17.2 Å². The van der Waals surface area contributed by atoms with Gasteiger partial charge in [-0.05, 0) is 54.8 Å². The van der Waals surface area contributed by atoms with E-state index in [4.69, 9.17) is 15.2 Å². The molecule has 0 aromatic heterocycles. The largest absolute Gasteiger partial charge is 0.497 e. The number of halogens is 1. The number of benzene rings is 2. The number of rotatable bonds is 6. The van der Waals surface area contributed by atoms with E-state index in [-0.39, 0.29) is 18.4 Å². The molecule has 0 aliphatic carbocycles. The number of hydrogen-bond acceptors (Lipinski definition) is 3. The smallest absolute Gasteiger partial charge is 0.127 e. The molecule has 2 rings (SSSR count). The van der Waals surface area contributed by atoms with E-state index in [0.717, 1.165) is 30.1 Å². The van der Waals surface area contributed by atoms with Gasteiger partial charge in [-0.2, -0.15) is 0 Å². The van der Waals surface area contributed by atoms with Crippen LogP contribution in [0.4, 0.5) is 0 Å². The molecule has 0 radical (unpaired) electrons. The molecule has 0 aliphatic rings. The summed E-state index contributed by atoms with van der Waals surface area (Å²) in [5.74, 6) is 2.44. The van der Waals surface area contributed by atoms with Crippen molar-refractivity contribution in [1.82, 2.24) is 0 Å². The summed E-state index contributed by atoms with van der Waals surface area (Å²) in [5, 5.41) is 0. The highest BCUT2D eigenvalue weighted by molar-refractivity contribution is 5.85. The molecular weight excluding hydrogens is 286 g/mol. The molecule has 2 aromatic rings. The van der Waals surface area contributed by atoms with Crippen molar-refractivity contribution in [3.05, 3.63) is 54.1 Å². The van der Waals surface area contributed by atoms with Crippen LogP contribution in [0.15, 0.2) is 48.5 Å². The second kappa shape index (κ2) is 8.55. The van der Waals surface area contributed by atoms with E-state index in [1.54, 1.807) is 7.11 Å². The maximum absolute atomic E-state index is 5.98. The fraction of sp³-hybridized carbons (Fsp3) is 0.294. The Balaban J connectivity index is 0.00000220. The average molecular weight is 308 g/mol. The molecule has 1 unspecified atom stereocenters. The number of nitrogens with two attached hydrogens (primary N) is 1. The minimum atomic E-state index is 0. The van der Waals surface area contributed by atoms with Crippen LogP contribution >= 0.6 is 12.4 Å². The minimum absolute atomic E-state index is 0. The molecule has 0 spiro atoms. The molecular formula is C17H22ClNO2. The third-order valence-electron chi connectivity index (χ3n) is 3.22. The summed E-state index contributed by atoms with van der Waals surface area (Å²) < 4.78 is 11.0. The van der Waals surface area contributed by atoms with Crippen LogP contribution < -0.4 is 15.2 Å². The van der Waals surface area contributed by atoms with Gasteiger partial charge in [0, 0.05) is 6.04 Å². The van der Waals surface area contributed by atoms with E-state index in [0.29, 0.717) is 0 Å². The van der Waals surface area contributed by atoms with Gasteiger partial charge in [-0.1, -0.05) is 19.1 Å². The molecule has 0 fully saturated rings. The molecule has 0 saturated carbocycles. The third-order valence-corrected chi connectivity index (χ3v) is 3.22. The van der Waals surface area contributed by atoms with E-state index in [9.17, 15) is 0 Å². The van der Waals surface area contributed by atoms with Gasteiger partial charge in [-0.25, -0.2) is 0 Å². The van der Waals surface area contributed by atoms with Crippen molar-refractivity contribution in [2.75, 3.05) is 7.11 Å². The maximum Gasteiger partial charge on any atom is 0.127 e. The molecule has 21 heavy (non-hydrogen) atoms. The topological polar surface area (TPSA) is 44.5 Å². The van der Waals surface area contributed by atoms with Crippen LogP contribution in [0.25, 0.3) is 0 Å². The average Bonchev–Trinajstić information content (AvgIpc) is 2.48. The second-order valence-corrected chi connectivity index (χ2v) is 4.80. The Hall–Kier alpha value is -1.71. The standard InChI is InChI=1S/C17H21NO2.ClH/c1-3-14(18)11-13-5-4-6-17(12-13)20-16-9-7-15(19-2)8-10-16;/h4-10,12,14H,3,11,18H2,1-2H3;1H. The van der Waals surface area contributed by atoms with E-state index in [1.165, 1.54) is 5.56 Å². The van der Waals surface area contributed by atoms with Crippen molar-refractivity contribution in [2.24, 2.45) is 5.73 Å². The monoisotopic (exact) mass is 307 g/mol. The van der Waals surface area contributed by atoms with Gasteiger partial charge in [-0.3, -0.25) is 0 Å². The Bertz CT molecular complexity index is 543. The lowest BCUT2D eigenvalue weighted by Gasteiger charge is -2.11. The number of hydrogen-bond donors (Lipinski definition) is 1. The molecule has 0 amide bonds. The van der Waals surface area contributed by atoms with Gasteiger partial charge in [0.05, 0.1) is 7.11 Å². The molecule has 2 N–H and O–H groups in total. The number of ether oxygens (including phenoxy) is 2. The molecule has 0 bridgehead atoms. The SMILES string of the molecule is CCC(N)Cc1cccc(Oc2ccc(OC)cc2)c1.Cl. The molecule has 1 atom stereocenters. The summed E-state index contributed by atoms with van der Waals surface area (Å²) in [6, 6.07) is 15.8. The lowest BCUT2D eigenvalue weighted by molar-refractivity contribution is 0.413. The highest BCUT2D eigenvalue weighted by Gasteiger charge is 2.04. The lowest BCUT2D eigenvalue weighted by atomic mass is 10.0. The van der Waals surface area contributed by atoms with Crippen LogP contribution in [0.2, 0.25) is 0 Å². The predicted octanol–water partition coefficient (Wildman–Crippen LogP) is 4.19. The third kappa shape index (κ3) is 5.29. The quantitative estimate of drug-likeness (QED) is 0.870. The van der Waals surface area contributed by atoms with Gasteiger partial charge >= 0.3 is 0 Å². The van der Waals surface area contributed by atoms with Gasteiger partial charge in [-0.15, -0.1) is 12.4 Å². The van der Waals surface area contributed by atoms with Crippen LogP contribution in [0, 0.1) is 0 Å². The van der Waals surface area contributed by atoms with Gasteiger partial charge in [0.15, 0.2) is 0 Å². The van der Waals surface area contributed by atoms with Crippen LogP contribution in [0.5, 0.6) is 17.2 Å². The highest BCUT2D eigenvalue weighted by atomic mass is 35.5. The first kappa shape index (κ1) is 17.3. The maximum atomic E-state index is 5.98. The van der Waals surface area contributed by atoms with Crippen LogP contribution in [-0.2, 0) is 6.42 Å². The Kier molecular flexibility index (Phi) is 7.06. The van der Waals surface area contributed by atoms with Gasteiger partial charge < -0.3 is 15.2 Å². The summed E-state index contributed by atoms with van der Waals surface area (Å²) in [6.45, 7) is 2.10. The van der Waals surface area contributed by atoms with Gasteiger partial charge in [0.2, 0.25) is 0 Å². The molecule has 3 nitrogen and oxygen atoms in total. The second-order valence-electron chi connectivity index (χ2n) is 4.80. The Labute approximate surface area is 132 Å². The van der Waals surface area contributed by atoms with Crippen LogP contribution in [0.1, 0.15) is 18.9 Å². The lowest BCUT2D eigenvalue weighted by Crippen LogP contribution is -2.21. The summed E-state index contributed by atoms with van der Waals surface area (Å²) in [5.41, 5.74) is 7.18. The van der Waals surface area contributed by atoms with Crippen molar-refractivity contribution in [3.63, 3.8) is 0 Å². The Morgan fingerprint density at radius 2 is 1.67 bits per heavy atom. The molecule has 114 valence electrons. The molecule has 0 heterocycles. The van der Waals surface area contributed by atoms with E-state index in [2.05, 4.69) is 13.0 Å². The van der Waals surface area contributed by atoms with Crippen LogP contribution in [-0.4, -0.2) is 13.2 Å². The van der Waals surface area contributed by atoms with E-state index in [1.807, 2.05) is 42.5 Å². The first-order chi connectivity index (χ1) is 9.71. The van der Waals surface area contributed by atoms with Crippen molar-refractivity contribution >= 4 is 12.4 Å². The molecule has 0 saturated heterocycles. The molecule has 0 aliphatic heterocycles. The minimum Gasteiger partial charge on any atom is -0.497 e. The zero-order valence-corrected chi connectivity index (χ0v) is 13.2. The van der Waals surface area contributed by atoms with Crippen molar-refractivity contribution in [1.29, 1.82) is 0 Å². The molecule has 2 aromatic carbocycles. The van der Waals surface area contributed by atoms with Crippen molar-refractivity contribution < 1.29 is 9.47 Å². The predicted molar refractivity (Wildman–Crippen MR) is 88.7 cm³/mol. The Morgan fingerprint density at radius 3 is 2.29 bits per heavy atom. The van der Waals surface area contributed by atoms with E-state index < -0.39 is 0 Å². The zero-order valence-electron chi connectivity index (χ0n) is 12.4. The van der Waals surface area contributed by atoms with Crippen molar-refractivity contribution in [2.45, 2.75) is 25.8 Å². The zero-order chi connectivity index (χ0) is 14.4.